The summed E-state index contributed by atoms with van der Waals surface area (Å²) in [5, 5.41) is 0. The van der Waals surface area contributed by atoms with Gasteiger partial charge in [-0.3, -0.25) is 9.59 Å². The predicted octanol–water partition coefficient (Wildman–Crippen LogP) is 2.11. The Kier molecular flexibility index (Phi) is 5.91. The molecule has 1 aromatic carbocycles. The second kappa shape index (κ2) is 8.46. The van der Waals surface area contributed by atoms with Gasteiger partial charge in [0.15, 0.2) is 11.5 Å². The third kappa shape index (κ3) is 3.64. The molecule has 2 bridgehead atoms. The molecule has 4 atom stereocenters. The number of likely N-dealkylation sites (N-methyl/N-ethyl adjacent to an activating group) is 1. The van der Waals surface area contributed by atoms with E-state index < -0.39 is 0 Å². The molecule has 3 heterocycles. The number of rotatable bonds is 5. The van der Waals surface area contributed by atoms with Crippen LogP contribution in [0.15, 0.2) is 18.2 Å². The van der Waals surface area contributed by atoms with Crippen LogP contribution >= 0.6 is 0 Å². The number of piperidine rings is 3. The monoisotopic (exact) mass is 415 g/mol. The summed E-state index contributed by atoms with van der Waals surface area (Å²) in [5.41, 5.74) is 0.539. The highest BCUT2D eigenvalue weighted by Gasteiger charge is 2.50. The molecule has 30 heavy (non-hydrogen) atoms. The first-order valence-electron chi connectivity index (χ1n) is 10.9. The third-order valence-electron chi connectivity index (χ3n) is 6.97. The van der Waals surface area contributed by atoms with E-state index in [2.05, 4.69) is 23.9 Å². The number of hydrogen-bond acceptors (Lipinski definition) is 5. The van der Waals surface area contributed by atoms with E-state index in [0.29, 0.717) is 54.3 Å². The zero-order valence-electron chi connectivity index (χ0n) is 18.5. The van der Waals surface area contributed by atoms with Gasteiger partial charge in [0.2, 0.25) is 5.91 Å². The van der Waals surface area contributed by atoms with E-state index in [1.165, 1.54) is 0 Å². The smallest absolute Gasteiger partial charge is 0.257 e. The molecule has 7 heteroatoms. The number of carbonyl (C=O) groups is 2. The molecule has 3 fully saturated rings. The number of para-hydroxylation sites is 1. The first-order valence-corrected chi connectivity index (χ1v) is 10.9. The zero-order valence-corrected chi connectivity index (χ0v) is 18.5. The Bertz CT molecular complexity index is 812. The molecule has 7 nitrogen and oxygen atoms in total. The van der Waals surface area contributed by atoms with Gasteiger partial charge in [-0.25, -0.2) is 0 Å². The molecule has 3 aliphatic rings. The lowest BCUT2D eigenvalue weighted by molar-refractivity contribution is -0.152. The van der Waals surface area contributed by atoms with Crippen LogP contribution in [0.1, 0.15) is 36.0 Å². The minimum Gasteiger partial charge on any atom is -0.493 e. The van der Waals surface area contributed by atoms with Crippen molar-refractivity contribution in [2.45, 2.75) is 37.8 Å². The average Bonchev–Trinajstić information content (AvgIpc) is 2.75. The largest absolute Gasteiger partial charge is 0.493 e. The van der Waals surface area contributed by atoms with Crippen molar-refractivity contribution >= 4 is 11.8 Å². The van der Waals surface area contributed by atoms with Crippen molar-refractivity contribution in [3.05, 3.63) is 23.8 Å². The van der Waals surface area contributed by atoms with Crippen LogP contribution in [0.5, 0.6) is 11.5 Å². The fraction of sp³-hybridized carbons (Fsp3) is 0.652. The Morgan fingerprint density at radius 3 is 2.63 bits per heavy atom. The number of methoxy groups -OCH3 is 2. The number of benzene rings is 1. The Balaban J connectivity index is 1.63. The van der Waals surface area contributed by atoms with Gasteiger partial charge in [0, 0.05) is 38.1 Å². The highest BCUT2D eigenvalue weighted by atomic mass is 16.5. The standard InChI is InChI=1S/C23H33N3O4/c1-24(2)14-19-16-11-15(18-8-6-10-21(27)26(18)19)12-25(13-16)23(28)17-7-5-9-20(29-3)22(17)30-4/h5,7,9,15-16,18-19H,6,8,10-14H2,1-4H3/t15-,16+,18+,19+/m1/s1. The lowest BCUT2D eigenvalue weighted by Gasteiger charge is -2.57. The van der Waals surface area contributed by atoms with Gasteiger partial charge in [-0.05, 0) is 57.3 Å². The van der Waals surface area contributed by atoms with Crippen LogP contribution in [0.25, 0.3) is 0 Å². The SMILES string of the molecule is COc1cccc(C(=O)N2C[C@H]3C[C@@H](C2)[C@H](CN(C)C)N2C(=O)CCC[C@@H]32)c1OC. The fourth-order valence-electron chi connectivity index (χ4n) is 5.78. The number of fused-ring (bicyclic) bond motifs is 4. The highest BCUT2D eigenvalue weighted by Crippen LogP contribution is 2.42. The van der Waals surface area contributed by atoms with Crippen LogP contribution in [0.4, 0.5) is 0 Å². The van der Waals surface area contributed by atoms with Crippen LogP contribution in [0, 0.1) is 11.8 Å². The molecule has 0 aliphatic carbocycles. The molecular formula is C23H33N3O4. The van der Waals surface area contributed by atoms with Crippen molar-refractivity contribution in [3.63, 3.8) is 0 Å². The fourth-order valence-corrected chi connectivity index (χ4v) is 5.78. The number of hydrogen-bond donors (Lipinski definition) is 0. The molecule has 0 spiro atoms. The Hall–Kier alpha value is -2.28. The summed E-state index contributed by atoms with van der Waals surface area (Å²) < 4.78 is 10.9. The Morgan fingerprint density at radius 2 is 1.93 bits per heavy atom. The van der Waals surface area contributed by atoms with Crippen LogP contribution in [0.2, 0.25) is 0 Å². The van der Waals surface area contributed by atoms with Gasteiger partial charge in [-0.2, -0.15) is 0 Å². The van der Waals surface area contributed by atoms with Gasteiger partial charge in [0.1, 0.15) is 0 Å². The topological polar surface area (TPSA) is 62.3 Å². The van der Waals surface area contributed by atoms with Gasteiger partial charge in [0.25, 0.3) is 5.91 Å². The van der Waals surface area contributed by atoms with Gasteiger partial charge < -0.3 is 24.2 Å². The molecule has 0 radical (unpaired) electrons. The summed E-state index contributed by atoms with van der Waals surface area (Å²) in [4.78, 5) is 32.7. The minimum absolute atomic E-state index is 0.0142. The molecule has 3 saturated heterocycles. The summed E-state index contributed by atoms with van der Waals surface area (Å²) in [6.45, 7) is 2.20. The van der Waals surface area contributed by atoms with E-state index in [0.717, 1.165) is 25.8 Å². The van der Waals surface area contributed by atoms with E-state index in [1.54, 1.807) is 20.3 Å². The van der Waals surface area contributed by atoms with Crippen LogP contribution in [-0.2, 0) is 4.79 Å². The van der Waals surface area contributed by atoms with Crippen molar-refractivity contribution in [2.75, 3.05) is 47.9 Å². The van der Waals surface area contributed by atoms with Gasteiger partial charge in [-0.1, -0.05) is 6.07 Å². The molecule has 0 aromatic heterocycles. The number of likely N-dealkylation sites (tertiary alicyclic amines) is 1. The predicted molar refractivity (Wildman–Crippen MR) is 114 cm³/mol. The van der Waals surface area contributed by atoms with E-state index >= 15 is 0 Å². The summed E-state index contributed by atoms with van der Waals surface area (Å²) in [6, 6.07) is 5.85. The van der Waals surface area contributed by atoms with Crippen molar-refractivity contribution < 1.29 is 19.1 Å². The third-order valence-corrected chi connectivity index (χ3v) is 6.97. The molecule has 0 saturated carbocycles. The maximum Gasteiger partial charge on any atom is 0.257 e. The summed E-state index contributed by atoms with van der Waals surface area (Å²) >= 11 is 0. The maximum atomic E-state index is 13.5. The summed E-state index contributed by atoms with van der Waals surface area (Å²) in [7, 11) is 7.26. The van der Waals surface area contributed by atoms with E-state index in [9.17, 15) is 9.59 Å². The molecule has 4 rings (SSSR count). The van der Waals surface area contributed by atoms with E-state index in [-0.39, 0.29) is 18.0 Å². The van der Waals surface area contributed by atoms with Crippen LogP contribution in [-0.4, -0.2) is 86.5 Å². The molecule has 0 N–H and O–H groups in total. The van der Waals surface area contributed by atoms with Crippen molar-refractivity contribution in [3.8, 4) is 11.5 Å². The number of nitrogens with zero attached hydrogens (tertiary/aromatic N) is 3. The lowest BCUT2D eigenvalue weighted by atomic mass is 9.72. The highest BCUT2D eigenvalue weighted by molar-refractivity contribution is 5.98. The number of ether oxygens (including phenoxy) is 2. The summed E-state index contributed by atoms with van der Waals surface area (Å²) in [6.07, 6.45) is 3.74. The second-order valence-electron chi connectivity index (χ2n) is 9.10. The van der Waals surface area contributed by atoms with Gasteiger partial charge >= 0.3 is 0 Å². The number of carbonyl (C=O) groups excluding carboxylic acids is 2. The van der Waals surface area contributed by atoms with Crippen molar-refractivity contribution in [1.29, 1.82) is 0 Å². The maximum absolute atomic E-state index is 13.5. The molecule has 164 valence electrons. The second-order valence-corrected chi connectivity index (χ2v) is 9.10. The van der Waals surface area contributed by atoms with Crippen molar-refractivity contribution in [1.82, 2.24) is 14.7 Å². The summed E-state index contributed by atoms with van der Waals surface area (Å²) in [5.74, 6) is 1.97. The quantitative estimate of drug-likeness (QED) is 0.737. The number of amides is 2. The van der Waals surface area contributed by atoms with Crippen molar-refractivity contribution in [2.24, 2.45) is 11.8 Å². The van der Waals surface area contributed by atoms with Crippen LogP contribution < -0.4 is 9.47 Å². The van der Waals surface area contributed by atoms with E-state index in [4.69, 9.17) is 9.47 Å². The Labute approximate surface area is 178 Å². The normalized spacial score (nSPS) is 28.4. The van der Waals surface area contributed by atoms with Gasteiger partial charge in [-0.15, -0.1) is 0 Å². The van der Waals surface area contributed by atoms with E-state index in [1.807, 2.05) is 17.0 Å². The Morgan fingerprint density at radius 1 is 1.17 bits per heavy atom. The molecular weight excluding hydrogens is 382 g/mol. The van der Waals surface area contributed by atoms with Gasteiger partial charge in [0.05, 0.1) is 19.8 Å². The average molecular weight is 416 g/mol. The first kappa shape index (κ1) is 21.0. The molecule has 1 aromatic rings. The first-order chi connectivity index (χ1) is 14.4. The molecule has 0 unspecified atom stereocenters. The molecule has 3 aliphatic heterocycles. The lowest BCUT2D eigenvalue weighted by Crippen LogP contribution is -2.67. The van der Waals surface area contributed by atoms with Crippen LogP contribution in [0.3, 0.4) is 0 Å². The zero-order chi connectivity index (χ0) is 21.4. The minimum atomic E-state index is -0.0142. The molecule has 2 amide bonds.